The average Bonchev–Trinajstić information content (AvgIpc) is 2.44. The molecule has 0 saturated heterocycles. The Bertz CT molecular complexity index is 149. The summed E-state index contributed by atoms with van der Waals surface area (Å²) in [6.07, 6.45) is 7.48. The van der Waals surface area contributed by atoms with Crippen LogP contribution in [0.3, 0.4) is 0 Å². The molecule has 0 amide bonds. The molecule has 0 aliphatic carbocycles. The van der Waals surface area contributed by atoms with Crippen LogP contribution in [0.2, 0.25) is 0 Å². The Morgan fingerprint density at radius 1 is 0.632 bits per heavy atom. The van der Waals surface area contributed by atoms with Crippen LogP contribution in [0.15, 0.2) is 0 Å². The summed E-state index contributed by atoms with van der Waals surface area (Å²) in [4.78, 5) is 2.40. The second-order valence-corrected chi connectivity index (χ2v) is 5.07. The summed E-state index contributed by atoms with van der Waals surface area (Å²) in [5, 5.41) is 0. The van der Waals surface area contributed by atoms with Crippen LogP contribution in [-0.4, -0.2) is 51.0 Å². The molecule has 0 aromatic carbocycles. The lowest BCUT2D eigenvalue weighted by Gasteiger charge is -2.20. The first-order valence-electron chi connectivity index (χ1n) is 8.22. The van der Waals surface area contributed by atoms with Crippen molar-refractivity contribution in [3.8, 4) is 0 Å². The maximum absolute atomic E-state index is 5.64. The first kappa shape index (κ1) is 18.9. The minimum absolute atomic E-state index is 0.855. The molecule has 0 N–H and O–H groups in total. The van der Waals surface area contributed by atoms with Gasteiger partial charge in [0.1, 0.15) is 0 Å². The van der Waals surface area contributed by atoms with E-state index in [0.29, 0.717) is 0 Å². The molecule has 0 unspecified atom stereocenters. The van der Waals surface area contributed by atoms with Gasteiger partial charge in [-0.3, -0.25) is 4.90 Å². The maximum Gasteiger partial charge on any atom is 0.0593 e. The van der Waals surface area contributed by atoms with Crippen LogP contribution in [0.5, 0.6) is 0 Å². The summed E-state index contributed by atoms with van der Waals surface area (Å²) in [6.45, 7) is 13.3. The van der Waals surface area contributed by atoms with Gasteiger partial charge in [0.15, 0.2) is 0 Å². The normalized spacial score (nSPS) is 11.4. The quantitative estimate of drug-likeness (QED) is 0.424. The van der Waals surface area contributed by atoms with E-state index in [0.717, 1.165) is 46.1 Å². The molecule has 19 heavy (non-hydrogen) atoms. The van der Waals surface area contributed by atoms with Crippen molar-refractivity contribution in [2.24, 2.45) is 0 Å². The first-order valence-corrected chi connectivity index (χ1v) is 8.22. The van der Waals surface area contributed by atoms with E-state index >= 15 is 0 Å². The Morgan fingerprint density at radius 2 is 1.11 bits per heavy atom. The van der Waals surface area contributed by atoms with Crippen molar-refractivity contribution in [1.29, 1.82) is 0 Å². The highest BCUT2D eigenvalue weighted by Crippen LogP contribution is 1.96. The van der Waals surface area contributed by atoms with Crippen molar-refractivity contribution in [2.75, 3.05) is 46.1 Å². The van der Waals surface area contributed by atoms with Gasteiger partial charge in [-0.25, -0.2) is 0 Å². The predicted molar refractivity (Wildman–Crippen MR) is 82.8 cm³/mol. The summed E-state index contributed by atoms with van der Waals surface area (Å²) in [5.41, 5.74) is 0. The number of nitrogens with zero attached hydrogens (tertiary/aromatic N) is 1. The van der Waals surface area contributed by atoms with Gasteiger partial charge < -0.3 is 9.47 Å². The molecule has 0 bridgehead atoms. The molecule has 3 nitrogen and oxygen atoms in total. The zero-order valence-corrected chi connectivity index (χ0v) is 13.5. The smallest absolute Gasteiger partial charge is 0.0593 e. The summed E-state index contributed by atoms with van der Waals surface area (Å²) in [5.74, 6) is 0. The van der Waals surface area contributed by atoms with Crippen molar-refractivity contribution in [1.82, 2.24) is 4.90 Å². The zero-order chi connectivity index (χ0) is 14.2. The van der Waals surface area contributed by atoms with Crippen LogP contribution in [0, 0.1) is 0 Å². The fraction of sp³-hybridized carbons (Fsp3) is 1.00. The third kappa shape index (κ3) is 14.1. The Morgan fingerprint density at radius 3 is 1.47 bits per heavy atom. The van der Waals surface area contributed by atoms with E-state index in [1.54, 1.807) is 0 Å². The zero-order valence-electron chi connectivity index (χ0n) is 13.5. The van der Waals surface area contributed by atoms with E-state index in [9.17, 15) is 0 Å². The molecule has 0 atom stereocenters. The number of unbranched alkanes of at least 4 members (excludes halogenated alkanes) is 4. The Balaban J connectivity index is 3.30. The minimum Gasteiger partial charge on any atom is -0.380 e. The van der Waals surface area contributed by atoms with E-state index in [1.807, 2.05) is 0 Å². The van der Waals surface area contributed by atoms with Crippen LogP contribution in [0.4, 0.5) is 0 Å². The molecular formula is C16H35NO2. The van der Waals surface area contributed by atoms with E-state index in [2.05, 4.69) is 25.7 Å². The van der Waals surface area contributed by atoms with Gasteiger partial charge in [-0.1, -0.05) is 46.5 Å². The van der Waals surface area contributed by atoms with Crippen molar-refractivity contribution in [3.05, 3.63) is 0 Å². The molecule has 0 aromatic rings. The molecule has 0 heterocycles. The Labute approximate surface area is 120 Å². The molecule has 3 heteroatoms. The third-order valence-corrected chi connectivity index (χ3v) is 3.34. The molecule has 0 radical (unpaired) electrons. The van der Waals surface area contributed by atoms with Crippen molar-refractivity contribution in [3.63, 3.8) is 0 Å². The van der Waals surface area contributed by atoms with E-state index in [1.165, 1.54) is 38.5 Å². The van der Waals surface area contributed by atoms with Crippen molar-refractivity contribution < 1.29 is 9.47 Å². The molecule has 116 valence electrons. The van der Waals surface area contributed by atoms with Gasteiger partial charge in [-0.15, -0.1) is 0 Å². The first-order chi connectivity index (χ1) is 9.35. The Hall–Kier alpha value is -0.120. The fourth-order valence-corrected chi connectivity index (χ4v) is 1.93. The summed E-state index contributed by atoms with van der Waals surface area (Å²) in [6, 6.07) is 0. The summed E-state index contributed by atoms with van der Waals surface area (Å²) < 4.78 is 11.3. The fourth-order valence-electron chi connectivity index (χ4n) is 1.93. The minimum atomic E-state index is 0.855. The van der Waals surface area contributed by atoms with E-state index in [4.69, 9.17) is 9.47 Å². The molecule has 0 spiro atoms. The van der Waals surface area contributed by atoms with Gasteiger partial charge >= 0.3 is 0 Å². The highest BCUT2D eigenvalue weighted by Gasteiger charge is 2.01. The monoisotopic (exact) mass is 273 g/mol. The largest absolute Gasteiger partial charge is 0.380 e. The lowest BCUT2D eigenvalue weighted by Crippen LogP contribution is -2.31. The second kappa shape index (κ2) is 15.9. The molecule has 0 aromatic heterocycles. The predicted octanol–water partition coefficient (Wildman–Crippen LogP) is 3.72. The van der Waals surface area contributed by atoms with Crippen molar-refractivity contribution in [2.45, 2.75) is 59.3 Å². The van der Waals surface area contributed by atoms with Crippen LogP contribution in [-0.2, 0) is 9.47 Å². The third-order valence-electron chi connectivity index (χ3n) is 3.34. The van der Waals surface area contributed by atoms with Crippen LogP contribution >= 0.6 is 0 Å². The van der Waals surface area contributed by atoms with Crippen LogP contribution < -0.4 is 0 Å². The summed E-state index contributed by atoms with van der Waals surface area (Å²) in [7, 11) is 0. The average molecular weight is 273 g/mol. The highest BCUT2D eigenvalue weighted by atomic mass is 16.5. The number of hydrogen-bond acceptors (Lipinski definition) is 3. The molecular weight excluding hydrogens is 238 g/mol. The van der Waals surface area contributed by atoms with Crippen molar-refractivity contribution >= 4 is 0 Å². The number of ether oxygens (including phenoxy) is 2. The SMILES string of the molecule is CCCCCOCCN(CC)CCOCCCCC. The van der Waals surface area contributed by atoms with Gasteiger partial charge in [-0.2, -0.15) is 0 Å². The maximum atomic E-state index is 5.64. The lowest BCUT2D eigenvalue weighted by atomic mass is 10.3. The van der Waals surface area contributed by atoms with Gasteiger partial charge in [0.25, 0.3) is 0 Å². The standard InChI is InChI=1S/C16H35NO2/c1-4-7-9-13-18-15-11-17(6-3)12-16-19-14-10-8-5-2/h4-16H2,1-3H3. The van der Waals surface area contributed by atoms with Crippen LogP contribution in [0.25, 0.3) is 0 Å². The molecule has 0 saturated carbocycles. The molecule has 0 aliphatic rings. The molecule has 0 fully saturated rings. The number of likely N-dealkylation sites (N-methyl/N-ethyl adjacent to an activating group) is 1. The van der Waals surface area contributed by atoms with E-state index in [-0.39, 0.29) is 0 Å². The van der Waals surface area contributed by atoms with Gasteiger partial charge in [0, 0.05) is 26.3 Å². The molecule has 0 rings (SSSR count). The summed E-state index contributed by atoms with van der Waals surface area (Å²) >= 11 is 0. The topological polar surface area (TPSA) is 21.7 Å². The Kier molecular flexibility index (Phi) is 15.8. The lowest BCUT2D eigenvalue weighted by molar-refractivity contribution is 0.0743. The highest BCUT2D eigenvalue weighted by molar-refractivity contribution is 4.54. The number of rotatable bonds is 15. The van der Waals surface area contributed by atoms with E-state index < -0.39 is 0 Å². The second-order valence-electron chi connectivity index (χ2n) is 5.07. The number of hydrogen-bond donors (Lipinski definition) is 0. The van der Waals surface area contributed by atoms with Gasteiger partial charge in [-0.05, 0) is 19.4 Å². The van der Waals surface area contributed by atoms with Gasteiger partial charge in [0.2, 0.25) is 0 Å². The molecule has 0 aliphatic heterocycles. The van der Waals surface area contributed by atoms with Crippen LogP contribution in [0.1, 0.15) is 59.3 Å². The van der Waals surface area contributed by atoms with Gasteiger partial charge in [0.05, 0.1) is 13.2 Å².